The summed E-state index contributed by atoms with van der Waals surface area (Å²) >= 11 is 0. The number of nitrogens with one attached hydrogen (secondary N) is 2. The second-order valence-corrected chi connectivity index (χ2v) is 7.11. The molecule has 3 aromatic rings. The number of pyridine rings is 1. The molecule has 0 aliphatic carbocycles. The number of amides is 2. The van der Waals surface area contributed by atoms with Gasteiger partial charge in [0.1, 0.15) is 5.82 Å². The van der Waals surface area contributed by atoms with Crippen LogP contribution in [0.25, 0.3) is 17.0 Å². The number of nitrogens with zero attached hydrogens (tertiary/aromatic N) is 2. The fourth-order valence-electron chi connectivity index (χ4n) is 3.40. The van der Waals surface area contributed by atoms with Gasteiger partial charge in [0.25, 0.3) is 0 Å². The van der Waals surface area contributed by atoms with E-state index in [4.69, 9.17) is 0 Å². The minimum Gasteiger partial charge on any atom is -0.361 e. The molecule has 3 heterocycles. The number of carbonyl (C=O) groups excluding carboxylic acids is 2. The average molecular weight is 374 g/mol. The highest BCUT2D eigenvalue weighted by atomic mass is 16.2. The predicted molar refractivity (Wildman–Crippen MR) is 110 cm³/mol. The lowest BCUT2D eigenvalue weighted by Gasteiger charge is -2.24. The minimum absolute atomic E-state index is 0.00749. The van der Waals surface area contributed by atoms with Gasteiger partial charge >= 0.3 is 0 Å². The number of aromatic amines is 1. The summed E-state index contributed by atoms with van der Waals surface area (Å²) in [6, 6.07) is 10.1. The van der Waals surface area contributed by atoms with Gasteiger partial charge in [-0.1, -0.05) is 6.07 Å². The topological polar surface area (TPSA) is 78.1 Å². The van der Waals surface area contributed by atoms with E-state index in [1.807, 2.05) is 37.4 Å². The van der Waals surface area contributed by atoms with Crippen LogP contribution >= 0.6 is 0 Å². The van der Waals surface area contributed by atoms with Gasteiger partial charge in [-0.15, -0.1) is 0 Å². The molecule has 1 unspecified atom stereocenters. The highest BCUT2D eigenvalue weighted by molar-refractivity contribution is 5.94. The number of H-pyrrole nitrogens is 1. The molecule has 0 radical (unpaired) electrons. The van der Waals surface area contributed by atoms with Gasteiger partial charge in [0.2, 0.25) is 11.8 Å². The molecular weight excluding hydrogens is 352 g/mol. The van der Waals surface area contributed by atoms with Gasteiger partial charge in [0, 0.05) is 37.5 Å². The highest BCUT2D eigenvalue weighted by Gasteiger charge is 2.17. The Morgan fingerprint density at radius 1 is 1.25 bits per heavy atom. The Bertz CT molecular complexity index is 1080. The van der Waals surface area contributed by atoms with Crippen LogP contribution in [0.15, 0.2) is 48.8 Å². The zero-order valence-corrected chi connectivity index (χ0v) is 15.9. The molecule has 6 nitrogen and oxygen atoms in total. The van der Waals surface area contributed by atoms with Crippen molar-refractivity contribution in [2.24, 2.45) is 0 Å². The van der Waals surface area contributed by atoms with Crippen LogP contribution in [-0.4, -0.2) is 33.7 Å². The number of benzene rings is 1. The molecule has 1 aliphatic heterocycles. The van der Waals surface area contributed by atoms with E-state index in [0.29, 0.717) is 18.7 Å². The Morgan fingerprint density at radius 3 is 2.96 bits per heavy atom. The average Bonchev–Trinajstić information content (AvgIpc) is 3.18. The maximum Gasteiger partial charge on any atom is 0.246 e. The van der Waals surface area contributed by atoms with E-state index >= 15 is 0 Å². The first kappa shape index (κ1) is 18.0. The molecule has 6 heteroatoms. The van der Waals surface area contributed by atoms with Crippen LogP contribution in [0.2, 0.25) is 0 Å². The lowest BCUT2D eigenvalue weighted by Crippen LogP contribution is -2.27. The number of likely N-dealkylation sites (N-methyl/N-ethyl adjacent to an activating group) is 1. The maximum atomic E-state index is 12.6. The number of rotatable bonds is 4. The summed E-state index contributed by atoms with van der Waals surface area (Å²) in [7, 11) is 1.80. The smallest absolute Gasteiger partial charge is 0.246 e. The lowest BCUT2D eigenvalue weighted by atomic mass is 10.0. The predicted octanol–water partition coefficient (Wildman–Crippen LogP) is 3.68. The molecule has 0 spiro atoms. The molecule has 1 atom stereocenters. The number of fused-ring (bicyclic) bond motifs is 2. The first-order valence-electron chi connectivity index (χ1n) is 9.32. The summed E-state index contributed by atoms with van der Waals surface area (Å²) in [5.74, 6) is 0.533. The summed E-state index contributed by atoms with van der Waals surface area (Å²) in [5, 5.41) is 3.89. The van der Waals surface area contributed by atoms with Crippen molar-refractivity contribution in [3.63, 3.8) is 0 Å². The van der Waals surface area contributed by atoms with E-state index < -0.39 is 0 Å². The molecular formula is C22H22N4O2. The Labute approximate surface area is 163 Å². The molecule has 2 aromatic heterocycles. The van der Waals surface area contributed by atoms with Crippen molar-refractivity contribution in [1.29, 1.82) is 0 Å². The molecule has 142 valence electrons. The van der Waals surface area contributed by atoms with Gasteiger partial charge in [-0.05, 0) is 65.8 Å². The van der Waals surface area contributed by atoms with Gasteiger partial charge in [0.15, 0.2) is 0 Å². The minimum atomic E-state index is -0.0762. The fraction of sp³-hybridized carbons (Fsp3) is 0.227. The fourth-order valence-corrected chi connectivity index (χ4v) is 3.40. The SMILES string of the molecule is CC(c1ccc2[nH]ccc2c1)N(C)C(=O)C=Cc1cnc2c(c1)CCC(=O)N2. The van der Waals surface area contributed by atoms with Gasteiger partial charge in [-0.2, -0.15) is 0 Å². The Kier molecular flexibility index (Phi) is 4.69. The number of hydrogen-bond acceptors (Lipinski definition) is 3. The first-order chi connectivity index (χ1) is 13.5. The summed E-state index contributed by atoms with van der Waals surface area (Å²) in [5.41, 5.74) is 4.01. The van der Waals surface area contributed by atoms with Gasteiger partial charge in [-0.25, -0.2) is 4.98 Å². The van der Waals surface area contributed by atoms with Crippen LogP contribution in [0.4, 0.5) is 5.82 Å². The van der Waals surface area contributed by atoms with E-state index in [1.165, 1.54) is 0 Å². The molecule has 2 amide bonds. The van der Waals surface area contributed by atoms with Crippen LogP contribution in [0, 0.1) is 0 Å². The molecule has 4 rings (SSSR count). The summed E-state index contributed by atoms with van der Waals surface area (Å²) < 4.78 is 0. The molecule has 28 heavy (non-hydrogen) atoms. The molecule has 2 N–H and O–H groups in total. The summed E-state index contributed by atoms with van der Waals surface area (Å²) in [6.45, 7) is 2.02. The van der Waals surface area contributed by atoms with E-state index in [-0.39, 0.29) is 17.9 Å². The second-order valence-electron chi connectivity index (χ2n) is 7.11. The van der Waals surface area contributed by atoms with Crippen molar-refractivity contribution in [3.8, 4) is 0 Å². The van der Waals surface area contributed by atoms with Gasteiger partial charge in [0.05, 0.1) is 6.04 Å². The molecule has 0 saturated carbocycles. The highest BCUT2D eigenvalue weighted by Crippen LogP contribution is 2.24. The van der Waals surface area contributed by atoms with E-state index in [1.54, 1.807) is 30.3 Å². The Hall–Kier alpha value is -3.41. The Morgan fingerprint density at radius 2 is 2.11 bits per heavy atom. The zero-order valence-electron chi connectivity index (χ0n) is 15.9. The zero-order chi connectivity index (χ0) is 19.7. The third kappa shape index (κ3) is 3.53. The van der Waals surface area contributed by atoms with Crippen LogP contribution < -0.4 is 5.32 Å². The quantitative estimate of drug-likeness (QED) is 0.684. The maximum absolute atomic E-state index is 12.6. The van der Waals surface area contributed by atoms with Gasteiger partial charge in [-0.3, -0.25) is 9.59 Å². The molecule has 1 aromatic carbocycles. The summed E-state index contributed by atoms with van der Waals surface area (Å²) in [4.78, 5) is 33.2. The number of carbonyl (C=O) groups is 2. The number of hydrogen-bond donors (Lipinski definition) is 2. The molecule has 1 aliphatic rings. The first-order valence-corrected chi connectivity index (χ1v) is 9.32. The lowest BCUT2D eigenvalue weighted by molar-refractivity contribution is -0.126. The van der Waals surface area contributed by atoms with Crippen molar-refractivity contribution >= 4 is 34.6 Å². The van der Waals surface area contributed by atoms with Crippen molar-refractivity contribution in [1.82, 2.24) is 14.9 Å². The number of aromatic nitrogens is 2. The van der Waals surface area contributed by atoms with Crippen molar-refractivity contribution in [2.45, 2.75) is 25.8 Å². The van der Waals surface area contributed by atoms with Crippen LogP contribution in [0.3, 0.4) is 0 Å². The van der Waals surface area contributed by atoms with Crippen LogP contribution in [-0.2, 0) is 16.0 Å². The standard InChI is InChI=1S/C22H22N4O2/c1-14(16-4-6-19-17(12-16)9-10-23-19)26(2)21(28)8-3-15-11-18-5-7-20(27)25-22(18)24-13-15/h3-4,6,8-14,23H,5,7H2,1-2H3,(H,24,25,27). The third-order valence-electron chi connectivity index (χ3n) is 5.27. The van der Waals surface area contributed by atoms with Crippen molar-refractivity contribution in [3.05, 3.63) is 65.5 Å². The van der Waals surface area contributed by atoms with E-state index in [2.05, 4.69) is 21.4 Å². The Balaban J connectivity index is 1.47. The normalized spacial score (nSPS) is 14.7. The largest absolute Gasteiger partial charge is 0.361 e. The monoisotopic (exact) mass is 374 g/mol. The number of anilines is 1. The van der Waals surface area contributed by atoms with Crippen LogP contribution in [0.1, 0.15) is 36.1 Å². The van der Waals surface area contributed by atoms with Crippen molar-refractivity contribution in [2.75, 3.05) is 12.4 Å². The molecule has 0 bridgehead atoms. The van der Waals surface area contributed by atoms with E-state index in [0.717, 1.165) is 27.6 Å². The molecule has 0 fully saturated rings. The van der Waals surface area contributed by atoms with Gasteiger partial charge < -0.3 is 15.2 Å². The third-order valence-corrected chi connectivity index (χ3v) is 5.27. The van der Waals surface area contributed by atoms with Crippen LogP contribution in [0.5, 0.6) is 0 Å². The summed E-state index contributed by atoms with van der Waals surface area (Å²) in [6.07, 6.45) is 8.04. The number of aryl methyl sites for hydroxylation is 1. The van der Waals surface area contributed by atoms with Crippen molar-refractivity contribution < 1.29 is 9.59 Å². The second kappa shape index (κ2) is 7.31. The van der Waals surface area contributed by atoms with E-state index in [9.17, 15) is 9.59 Å². The molecule has 0 saturated heterocycles.